The van der Waals surface area contributed by atoms with Gasteiger partial charge in [-0.2, -0.15) is 4.98 Å². The summed E-state index contributed by atoms with van der Waals surface area (Å²) in [5.41, 5.74) is 0.853. The Morgan fingerprint density at radius 1 is 0.889 bits per heavy atom. The van der Waals surface area contributed by atoms with Gasteiger partial charge in [-0.25, -0.2) is 13.4 Å². The summed E-state index contributed by atoms with van der Waals surface area (Å²) in [6, 6.07) is 25.0. The molecular weight excluding hydrogens is 705 g/mol. The van der Waals surface area contributed by atoms with Crippen molar-refractivity contribution in [1.82, 2.24) is 24.9 Å². The summed E-state index contributed by atoms with van der Waals surface area (Å²) in [6.45, 7) is 0.0987. The highest BCUT2D eigenvalue weighted by atomic mass is 32.2. The Morgan fingerprint density at radius 2 is 1.63 bits per heavy atom. The summed E-state index contributed by atoms with van der Waals surface area (Å²) in [4.78, 5) is 54.1. The number of nitrogens with zero attached hydrogens (tertiary/aromatic N) is 3. The third-order valence-electron chi connectivity index (χ3n) is 10.8. The number of aromatic nitrogens is 2. The van der Waals surface area contributed by atoms with Gasteiger partial charge in [0.15, 0.2) is 5.82 Å². The molecule has 2 saturated carbocycles. The summed E-state index contributed by atoms with van der Waals surface area (Å²) in [6.07, 6.45) is 8.57. The second-order valence-electron chi connectivity index (χ2n) is 14.8. The van der Waals surface area contributed by atoms with Crippen LogP contribution in [0.4, 0.5) is 5.69 Å². The molecule has 2 aliphatic heterocycles. The first kappa shape index (κ1) is 35.7. The van der Waals surface area contributed by atoms with Crippen LogP contribution in [0.3, 0.4) is 0 Å². The van der Waals surface area contributed by atoms with Gasteiger partial charge in [0, 0.05) is 23.6 Å². The van der Waals surface area contributed by atoms with Gasteiger partial charge in [-0.15, -0.1) is 0 Å². The van der Waals surface area contributed by atoms with Crippen LogP contribution in [-0.4, -0.2) is 76.5 Å². The Labute approximate surface area is 314 Å². The third kappa shape index (κ3) is 7.54. The quantitative estimate of drug-likeness (QED) is 0.208. The predicted molar refractivity (Wildman–Crippen MR) is 205 cm³/mol. The van der Waals surface area contributed by atoms with E-state index >= 15 is 0 Å². The predicted octanol–water partition coefficient (Wildman–Crippen LogP) is 5.13. The lowest BCUT2D eigenvalue weighted by molar-refractivity contribution is -0.140. The Bertz CT molecular complexity index is 2180. The lowest BCUT2D eigenvalue weighted by Crippen LogP contribution is -2.57. The van der Waals surface area contributed by atoms with Gasteiger partial charge < -0.3 is 20.3 Å². The minimum absolute atomic E-state index is 0.0987. The lowest BCUT2D eigenvalue weighted by atomic mass is 10.0. The van der Waals surface area contributed by atoms with Crippen LogP contribution in [0.1, 0.15) is 57.8 Å². The molecule has 4 aliphatic rings. The van der Waals surface area contributed by atoms with Crippen LogP contribution in [0.25, 0.3) is 22.3 Å². The van der Waals surface area contributed by atoms with E-state index in [4.69, 9.17) is 14.7 Å². The topological polar surface area (TPSA) is 160 Å². The van der Waals surface area contributed by atoms with Crippen molar-refractivity contribution in [3.63, 3.8) is 0 Å². The molecule has 0 spiro atoms. The zero-order chi connectivity index (χ0) is 37.3. The highest BCUT2D eigenvalue weighted by Gasteiger charge is 2.62. The zero-order valence-corrected chi connectivity index (χ0v) is 30.7. The number of carbonyl (C=O) groups is 3. The van der Waals surface area contributed by atoms with Crippen molar-refractivity contribution >= 4 is 44.3 Å². The van der Waals surface area contributed by atoms with E-state index in [2.05, 4.69) is 15.4 Å². The highest BCUT2D eigenvalue weighted by Crippen LogP contribution is 2.46. The van der Waals surface area contributed by atoms with Gasteiger partial charge in [0.25, 0.3) is 5.91 Å². The number of rotatable bonds is 8. The van der Waals surface area contributed by atoms with E-state index in [1.54, 1.807) is 4.90 Å². The normalized spacial score (nSPS) is 26.1. The number of fused-ring (bicyclic) bond motifs is 3. The van der Waals surface area contributed by atoms with Crippen LogP contribution >= 0.6 is 0 Å². The molecule has 0 unspecified atom stereocenters. The van der Waals surface area contributed by atoms with Gasteiger partial charge in [0.2, 0.25) is 27.7 Å². The first-order valence-electron chi connectivity index (χ1n) is 18.9. The molecule has 3 N–H and O–H groups in total. The summed E-state index contributed by atoms with van der Waals surface area (Å²) in [5.74, 6) is -1.08. The molecule has 13 heteroatoms. The maximum absolute atomic E-state index is 14.7. The van der Waals surface area contributed by atoms with Crippen molar-refractivity contribution in [2.24, 2.45) is 5.92 Å². The number of amides is 3. The Kier molecular flexibility index (Phi) is 9.82. The number of sulfonamides is 1. The van der Waals surface area contributed by atoms with Gasteiger partial charge in [0.05, 0.1) is 22.7 Å². The molecule has 1 aromatic heterocycles. The maximum Gasteiger partial charge on any atom is 0.259 e. The van der Waals surface area contributed by atoms with Crippen molar-refractivity contribution in [2.75, 3.05) is 11.9 Å². The Balaban J connectivity index is 1.12. The van der Waals surface area contributed by atoms with E-state index in [0.717, 1.165) is 36.9 Å². The SMILES string of the molecule is O=C1N[C@]2(C(=O)NS(=O)(=O)C3CC3)C[C@H]2C=CCCCCC[C@H](Nc2ccccc2)C(=O)N2C[C@H](Oc3nc(-c4ccccc4)nc4ccccc34)C[C@@H]12. The number of nitrogens with one attached hydrogen (secondary N) is 3. The van der Waals surface area contributed by atoms with E-state index in [0.29, 0.717) is 41.9 Å². The summed E-state index contributed by atoms with van der Waals surface area (Å²) >= 11 is 0. The molecule has 1 saturated heterocycles. The number of hydrogen-bond acceptors (Lipinski definition) is 9. The van der Waals surface area contributed by atoms with E-state index in [-0.39, 0.29) is 31.2 Å². The van der Waals surface area contributed by atoms with E-state index in [1.165, 1.54) is 0 Å². The molecule has 3 heterocycles. The molecule has 3 amide bonds. The number of anilines is 1. The molecule has 54 heavy (non-hydrogen) atoms. The molecule has 3 aromatic carbocycles. The summed E-state index contributed by atoms with van der Waals surface area (Å²) < 4.78 is 34.7. The van der Waals surface area contributed by atoms with Crippen molar-refractivity contribution in [3.8, 4) is 17.3 Å². The van der Waals surface area contributed by atoms with Crippen molar-refractivity contribution in [3.05, 3.63) is 97.1 Å². The number of allylic oxidation sites excluding steroid dienone is 1. The van der Waals surface area contributed by atoms with Crippen LogP contribution in [0.15, 0.2) is 97.1 Å². The molecule has 0 bridgehead atoms. The fourth-order valence-electron chi connectivity index (χ4n) is 7.59. The first-order valence-corrected chi connectivity index (χ1v) is 20.4. The molecule has 8 rings (SSSR count). The fourth-order valence-corrected chi connectivity index (χ4v) is 8.96. The number of carbonyl (C=O) groups excluding carboxylic acids is 3. The number of ether oxygens (including phenoxy) is 1. The largest absolute Gasteiger partial charge is 0.472 e. The minimum atomic E-state index is -3.86. The standard InChI is InChI=1S/C41H44N6O6S/c48-37-35-24-30(53-38-32-19-12-13-20-33(32)43-36(44-38)27-14-6-4-7-15-27)26-47(35)39(49)34(42-29-17-9-5-10-18-29)21-11-3-1-2-8-16-28-25-41(28,45-37)40(50)46-54(51,52)31-22-23-31/h4-10,12-20,28,30-31,34-35,42H,1-3,11,21-26H2,(H,45,48)(H,46,50)/t28-,30-,34+,35+,41-/m1/s1. The first-order chi connectivity index (χ1) is 26.2. The van der Waals surface area contributed by atoms with E-state index < -0.39 is 50.8 Å². The average Bonchev–Trinajstić information content (AvgIpc) is 4.11. The lowest BCUT2D eigenvalue weighted by Gasteiger charge is -2.30. The number of hydrogen-bond donors (Lipinski definition) is 3. The van der Waals surface area contributed by atoms with E-state index in [9.17, 15) is 22.8 Å². The molecule has 5 atom stereocenters. The summed E-state index contributed by atoms with van der Waals surface area (Å²) in [5, 5.41) is 6.48. The second kappa shape index (κ2) is 14.8. The number of para-hydroxylation sites is 2. The summed E-state index contributed by atoms with van der Waals surface area (Å²) in [7, 11) is -3.86. The zero-order valence-electron chi connectivity index (χ0n) is 29.9. The highest BCUT2D eigenvalue weighted by molar-refractivity contribution is 7.91. The number of benzene rings is 3. The molecule has 280 valence electrons. The Hall–Kier alpha value is -5.30. The van der Waals surface area contributed by atoms with Crippen LogP contribution in [0.2, 0.25) is 0 Å². The van der Waals surface area contributed by atoms with Gasteiger partial charge in [0.1, 0.15) is 23.7 Å². The van der Waals surface area contributed by atoms with Crippen LogP contribution < -0.4 is 20.1 Å². The van der Waals surface area contributed by atoms with Crippen molar-refractivity contribution in [2.45, 2.75) is 86.8 Å². The third-order valence-corrected chi connectivity index (χ3v) is 12.7. The van der Waals surface area contributed by atoms with Gasteiger partial charge in [-0.3, -0.25) is 19.1 Å². The van der Waals surface area contributed by atoms with E-state index in [1.807, 2.05) is 97.1 Å². The van der Waals surface area contributed by atoms with Crippen molar-refractivity contribution < 1.29 is 27.5 Å². The Morgan fingerprint density at radius 3 is 2.41 bits per heavy atom. The van der Waals surface area contributed by atoms with Gasteiger partial charge in [-0.05, 0) is 62.8 Å². The van der Waals surface area contributed by atoms with Crippen LogP contribution in [0.5, 0.6) is 5.88 Å². The minimum Gasteiger partial charge on any atom is -0.472 e. The van der Waals surface area contributed by atoms with Gasteiger partial charge >= 0.3 is 0 Å². The maximum atomic E-state index is 14.7. The molecule has 2 aliphatic carbocycles. The molecule has 3 fully saturated rings. The van der Waals surface area contributed by atoms with Crippen LogP contribution in [0, 0.1) is 5.92 Å². The van der Waals surface area contributed by atoms with Crippen LogP contribution in [-0.2, 0) is 24.4 Å². The van der Waals surface area contributed by atoms with Gasteiger partial charge in [-0.1, -0.05) is 85.7 Å². The second-order valence-corrected chi connectivity index (χ2v) is 16.8. The molecule has 12 nitrogen and oxygen atoms in total. The van der Waals surface area contributed by atoms with Crippen molar-refractivity contribution in [1.29, 1.82) is 0 Å². The fraction of sp³-hybridized carbons (Fsp3) is 0.390. The smallest absolute Gasteiger partial charge is 0.259 e. The monoisotopic (exact) mass is 748 g/mol. The molecular formula is C41H44N6O6S. The molecule has 4 aromatic rings. The average molecular weight is 749 g/mol. The molecule has 0 radical (unpaired) electrons.